The molecule has 182 valence electrons. The van der Waals surface area contributed by atoms with Crippen LogP contribution < -0.4 is 25.5 Å². The highest BCUT2D eigenvalue weighted by molar-refractivity contribution is 5.80. The van der Waals surface area contributed by atoms with E-state index >= 15 is 0 Å². The molecule has 8 heteroatoms. The van der Waals surface area contributed by atoms with Gasteiger partial charge in [-0.1, -0.05) is 13.0 Å². The van der Waals surface area contributed by atoms with Gasteiger partial charge in [-0.25, -0.2) is 4.79 Å². The molecule has 1 saturated heterocycles. The summed E-state index contributed by atoms with van der Waals surface area (Å²) in [5.41, 5.74) is 0.728. The maximum Gasteiger partial charge on any atom is 0.332 e. The van der Waals surface area contributed by atoms with Gasteiger partial charge in [0.05, 0.1) is 37.8 Å². The van der Waals surface area contributed by atoms with Crippen molar-refractivity contribution in [3.05, 3.63) is 62.8 Å². The molecule has 3 aromatic rings. The third-order valence-electron chi connectivity index (χ3n) is 6.40. The van der Waals surface area contributed by atoms with Crippen molar-refractivity contribution in [3.63, 3.8) is 0 Å². The van der Waals surface area contributed by atoms with Gasteiger partial charge in [-0.15, -0.1) is 0 Å². The Morgan fingerprint density at radius 3 is 2.44 bits per heavy atom. The second kappa shape index (κ2) is 10.3. The Balaban J connectivity index is 1.88. The zero-order valence-electron chi connectivity index (χ0n) is 20.2. The molecule has 1 aliphatic rings. The van der Waals surface area contributed by atoms with E-state index in [2.05, 4.69) is 0 Å². The summed E-state index contributed by atoms with van der Waals surface area (Å²) in [4.78, 5) is 27.3. The van der Waals surface area contributed by atoms with E-state index in [1.54, 1.807) is 37.0 Å². The smallest absolute Gasteiger partial charge is 0.332 e. The number of benzene rings is 2. The molecular formula is C26H32N2O6. The fraction of sp³-hybridized carbons (Fsp3) is 0.462. The van der Waals surface area contributed by atoms with Gasteiger partial charge in [-0.2, -0.15) is 0 Å². The van der Waals surface area contributed by atoms with Gasteiger partial charge in [-0.3, -0.25) is 13.9 Å². The first-order valence-corrected chi connectivity index (χ1v) is 11.7. The summed E-state index contributed by atoms with van der Waals surface area (Å²) in [6, 6.07) is 10.8. The van der Waals surface area contributed by atoms with Gasteiger partial charge in [0, 0.05) is 19.3 Å². The van der Waals surface area contributed by atoms with Crippen LogP contribution in [-0.4, -0.2) is 42.7 Å². The molecule has 0 aliphatic carbocycles. The van der Waals surface area contributed by atoms with Crippen LogP contribution in [0.15, 0.2) is 46.0 Å². The summed E-state index contributed by atoms with van der Waals surface area (Å²) < 4.78 is 25.3. The van der Waals surface area contributed by atoms with Crippen molar-refractivity contribution in [2.45, 2.75) is 51.8 Å². The van der Waals surface area contributed by atoms with Crippen LogP contribution in [0.2, 0.25) is 0 Å². The number of rotatable bonds is 8. The van der Waals surface area contributed by atoms with Crippen LogP contribution in [0.5, 0.6) is 17.2 Å². The van der Waals surface area contributed by atoms with Crippen LogP contribution in [0.3, 0.4) is 0 Å². The standard InChI is InChI=1S/C26H32N2O6/c1-5-17(2)34-20-7-8-22-21(15-20)25(29)27(26(30)28(22)19-10-12-33-13-11-19)16-18-6-9-23(31-3)24(14-18)32-4/h6-9,14-15,17,19H,5,10-13,16H2,1-4H3/t17-/m1/s1. The number of hydrogen-bond acceptors (Lipinski definition) is 6. The van der Waals surface area contributed by atoms with Gasteiger partial charge in [0.15, 0.2) is 11.5 Å². The summed E-state index contributed by atoms with van der Waals surface area (Å²) >= 11 is 0. The molecule has 1 aliphatic heterocycles. The maximum absolute atomic E-state index is 13.7. The molecule has 34 heavy (non-hydrogen) atoms. The monoisotopic (exact) mass is 468 g/mol. The summed E-state index contributed by atoms with van der Waals surface area (Å²) in [5, 5.41) is 0.465. The first-order valence-electron chi connectivity index (χ1n) is 11.7. The number of aromatic nitrogens is 2. The fourth-order valence-electron chi connectivity index (χ4n) is 4.35. The highest BCUT2D eigenvalue weighted by atomic mass is 16.5. The SMILES string of the molecule is CC[C@@H](C)Oc1ccc2c(c1)c(=O)n(Cc1ccc(OC)c(OC)c1)c(=O)n2C1CCOCC1. The van der Waals surface area contributed by atoms with E-state index in [9.17, 15) is 9.59 Å². The van der Waals surface area contributed by atoms with E-state index < -0.39 is 0 Å². The topological polar surface area (TPSA) is 80.9 Å². The van der Waals surface area contributed by atoms with Crippen molar-refractivity contribution in [3.8, 4) is 17.2 Å². The van der Waals surface area contributed by atoms with E-state index in [-0.39, 0.29) is 29.9 Å². The Bertz CT molecular complexity index is 1270. The van der Waals surface area contributed by atoms with Gasteiger partial charge in [0.2, 0.25) is 0 Å². The van der Waals surface area contributed by atoms with Crippen molar-refractivity contribution in [2.75, 3.05) is 27.4 Å². The molecule has 0 unspecified atom stereocenters. The van der Waals surface area contributed by atoms with Crippen LogP contribution in [0.1, 0.15) is 44.7 Å². The lowest BCUT2D eigenvalue weighted by molar-refractivity contribution is 0.0691. The normalized spacial score (nSPS) is 15.3. The van der Waals surface area contributed by atoms with E-state index in [1.165, 1.54) is 4.57 Å². The molecule has 0 N–H and O–H groups in total. The van der Waals surface area contributed by atoms with Crippen LogP contribution in [0, 0.1) is 0 Å². The van der Waals surface area contributed by atoms with Crippen LogP contribution >= 0.6 is 0 Å². The van der Waals surface area contributed by atoms with Crippen LogP contribution in [0.25, 0.3) is 10.9 Å². The predicted octanol–water partition coefficient (Wildman–Crippen LogP) is 3.76. The fourth-order valence-corrected chi connectivity index (χ4v) is 4.35. The lowest BCUT2D eigenvalue weighted by Gasteiger charge is -2.26. The minimum atomic E-state index is -0.340. The van der Waals surface area contributed by atoms with Gasteiger partial charge in [0.25, 0.3) is 5.56 Å². The Kier molecular flexibility index (Phi) is 7.26. The molecule has 0 saturated carbocycles. The Morgan fingerprint density at radius 1 is 1.03 bits per heavy atom. The molecule has 0 bridgehead atoms. The molecule has 0 spiro atoms. The zero-order chi connectivity index (χ0) is 24.2. The van der Waals surface area contributed by atoms with Crippen molar-refractivity contribution in [1.82, 2.24) is 9.13 Å². The second-order valence-electron chi connectivity index (χ2n) is 8.59. The summed E-state index contributed by atoms with van der Waals surface area (Å²) in [7, 11) is 3.12. The van der Waals surface area contributed by atoms with Crippen molar-refractivity contribution in [1.29, 1.82) is 0 Å². The van der Waals surface area contributed by atoms with Crippen molar-refractivity contribution < 1.29 is 18.9 Å². The molecule has 4 rings (SSSR count). The maximum atomic E-state index is 13.7. The molecule has 0 amide bonds. The minimum Gasteiger partial charge on any atom is -0.493 e. The Hall–Kier alpha value is -3.26. The zero-order valence-corrected chi connectivity index (χ0v) is 20.2. The predicted molar refractivity (Wildman–Crippen MR) is 131 cm³/mol. The number of methoxy groups -OCH3 is 2. The quantitative estimate of drug-likeness (QED) is 0.501. The molecule has 2 heterocycles. The summed E-state index contributed by atoms with van der Waals surface area (Å²) in [5.74, 6) is 1.75. The Labute approximate surface area is 198 Å². The largest absolute Gasteiger partial charge is 0.493 e. The average molecular weight is 469 g/mol. The van der Waals surface area contributed by atoms with Crippen molar-refractivity contribution >= 4 is 10.9 Å². The molecule has 2 aromatic carbocycles. The van der Waals surface area contributed by atoms with Gasteiger partial charge >= 0.3 is 5.69 Å². The van der Waals surface area contributed by atoms with E-state index in [0.717, 1.165) is 12.0 Å². The van der Waals surface area contributed by atoms with Gasteiger partial charge < -0.3 is 18.9 Å². The second-order valence-corrected chi connectivity index (χ2v) is 8.59. The number of fused-ring (bicyclic) bond motifs is 1. The molecule has 8 nitrogen and oxygen atoms in total. The molecule has 1 fully saturated rings. The highest BCUT2D eigenvalue weighted by Gasteiger charge is 2.23. The first-order chi connectivity index (χ1) is 16.5. The number of nitrogens with zero attached hydrogens (tertiary/aromatic N) is 2. The number of ether oxygens (including phenoxy) is 4. The van der Waals surface area contributed by atoms with E-state index in [4.69, 9.17) is 18.9 Å². The van der Waals surface area contributed by atoms with Crippen LogP contribution in [-0.2, 0) is 11.3 Å². The van der Waals surface area contributed by atoms with E-state index in [0.29, 0.717) is 54.2 Å². The first kappa shape index (κ1) is 23.9. The summed E-state index contributed by atoms with van der Waals surface area (Å²) in [6.45, 7) is 5.33. The average Bonchev–Trinajstić information content (AvgIpc) is 2.87. The number of hydrogen-bond donors (Lipinski definition) is 0. The third-order valence-corrected chi connectivity index (χ3v) is 6.40. The van der Waals surface area contributed by atoms with Crippen molar-refractivity contribution in [2.24, 2.45) is 0 Å². The lowest BCUT2D eigenvalue weighted by atomic mass is 10.1. The van der Waals surface area contributed by atoms with Gasteiger partial charge in [0.1, 0.15) is 5.75 Å². The third kappa shape index (κ3) is 4.68. The van der Waals surface area contributed by atoms with Crippen LogP contribution in [0.4, 0.5) is 0 Å². The Morgan fingerprint density at radius 2 is 1.76 bits per heavy atom. The highest BCUT2D eigenvalue weighted by Crippen LogP contribution is 2.28. The summed E-state index contributed by atoms with van der Waals surface area (Å²) in [6.07, 6.45) is 2.31. The molecule has 1 aromatic heterocycles. The van der Waals surface area contributed by atoms with E-state index in [1.807, 2.05) is 32.0 Å². The lowest BCUT2D eigenvalue weighted by Crippen LogP contribution is -2.42. The minimum absolute atomic E-state index is 0.0211. The van der Waals surface area contributed by atoms with Gasteiger partial charge in [-0.05, 0) is 62.1 Å². The molecule has 0 radical (unpaired) electrons. The molecule has 1 atom stereocenters. The molecular weight excluding hydrogens is 436 g/mol.